The van der Waals surface area contributed by atoms with Gasteiger partial charge in [-0.15, -0.1) is 0 Å². The monoisotopic (exact) mass is 281 g/mol. The van der Waals surface area contributed by atoms with E-state index in [1.807, 2.05) is 12.1 Å². The van der Waals surface area contributed by atoms with Crippen LogP contribution < -0.4 is 5.32 Å². The highest BCUT2D eigenvalue weighted by atomic mass is 16.1. The van der Waals surface area contributed by atoms with E-state index in [1.165, 1.54) is 32.1 Å². The van der Waals surface area contributed by atoms with Crippen molar-refractivity contribution in [2.75, 3.05) is 6.54 Å². The number of H-pyrrole nitrogens is 1. The van der Waals surface area contributed by atoms with Gasteiger partial charge in [-0.2, -0.15) is 5.26 Å². The predicted molar refractivity (Wildman–Crippen MR) is 81.9 cm³/mol. The molecule has 1 saturated carbocycles. The van der Waals surface area contributed by atoms with E-state index in [4.69, 9.17) is 5.26 Å². The lowest BCUT2D eigenvalue weighted by molar-refractivity contribution is 0.0939. The highest BCUT2D eigenvalue weighted by molar-refractivity contribution is 5.98. The number of hydrogen-bond donors (Lipinski definition) is 2. The summed E-state index contributed by atoms with van der Waals surface area (Å²) in [7, 11) is 0. The van der Waals surface area contributed by atoms with E-state index in [9.17, 15) is 4.79 Å². The average molecular weight is 281 g/mol. The van der Waals surface area contributed by atoms with Crippen molar-refractivity contribution in [1.82, 2.24) is 10.3 Å². The van der Waals surface area contributed by atoms with Gasteiger partial charge >= 0.3 is 0 Å². The summed E-state index contributed by atoms with van der Waals surface area (Å²) in [5.41, 5.74) is 1.99. The molecule has 2 N–H and O–H groups in total. The number of aromatic amines is 1. The maximum absolute atomic E-state index is 12.2. The molecule has 0 atom stereocenters. The van der Waals surface area contributed by atoms with Gasteiger partial charge in [0.2, 0.25) is 0 Å². The highest BCUT2D eigenvalue weighted by Gasteiger charge is 2.15. The summed E-state index contributed by atoms with van der Waals surface area (Å²) in [6.45, 7) is 0.762. The molecule has 0 unspecified atom stereocenters. The second kappa shape index (κ2) is 6.01. The van der Waals surface area contributed by atoms with E-state index in [-0.39, 0.29) is 5.91 Å². The normalized spacial score (nSPS) is 15.8. The Kier molecular flexibility index (Phi) is 3.92. The first kappa shape index (κ1) is 13.7. The van der Waals surface area contributed by atoms with Crippen LogP contribution in [0.1, 0.15) is 48.2 Å². The highest BCUT2D eigenvalue weighted by Crippen LogP contribution is 2.23. The molecule has 1 fully saturated rings. The van der Waals surface area contributed by atoms with E-state index in [1.54, 1.807) is 12.1 Å². The molecule has 2 aromatic rings. The van der Waals surface area contributed by atoms with Crippen LogP contribution in [0.5, 0.6) is 0 Å². The van der Waals surface area contributed by atoms with Crippen LogP contribution in [-0.4, -0.2) is 17.4 Å². The van der Waals surface area contributed by atoms with Gasteiger partial charge in [-0.05, 0) is 37.0 Å². The molecule has 0 bridgehead atoms. The number of nitrogens with one attached hydrogen (secondary N) is 2. The Labute approximate surface area is 124 Å². The first-order valence-corrected chi connectivity index (χ1v) is 7.57. The predicted octanol–water partition coefficient (Wildman–Crippen LogP) is 3.35. The molecule has 4 nitrogen and oxygen atoms in total. The van der Waals surface area contributed by atoms with Gasteiger partial charge in [0.05, 0.1) is 11.6 Å². The third-order valence-corrected chi connectivity index (χ3v) is 4.27. The van der Waals surface area contributed by atoms with E-state index in [0.29, 0.717) is 17.2 Å². The van der Waals surface area contributed by atoms with Gasteiger partial charge in [-0.1, -0.05) is 25.3 Å². The van der Waals surface area contributed by atoms with E-state index in [0.717, 1.165) is 17.4 Å². The molecule has 1 aliphatic rings. The van der Waals surface area contributed by atoms with Crippen LogP contribution >= 0.6 is 0 Å². The average Bonchev–Trinajstić information content (AvgIpc) is 2.96. The van der Waals surface area contributed by atoms with Gasteiger partial charge in [0.1, 0.15) is 5.69 Å². The van der Waals surface area contributed by atoms with Crippen molar-refractivity contribution < 1.29 is 4.79 Å². The number of nitrogens with zero attached hydrogens (tertiary/aromatic N) is 1. The topological polar surface area (TPSA) is 68.7 Å². The van der Waals surface area contributed by atoms with Crippen molar-refractivity contribution in [2.24, 2.45) is 5.92 Å². The Hall–Kier alpha value is -2.28. The molecule has 1 aromatic carbocycles. The van der Waals surface area contributed by atoms with Gasteiger partial charge in [0.15, 0.2) is 0 Å². The molecule has 1 aromatic heterocycles. The molecule has 21 heavy (non-hydrogen) atoms. The van der Waals surface area contributed by atoms with Crippen LogP contribution in [0.4, 0.5) is 0 Å². The summed E-state index contributed by atoms with van der Waals surface area (Å²) in [5.74, 6) is 0.563. The molecular formula is C17H19N3O. The van der Waals surface area contributed by atoms with Crippen molar-refractivity contribution in [3.8, 4) is 6.07 Å². The van der Waals surface area contributed by atoms with Gasteiger partial charge in [0, 0.05) is 17.4 Å². The summed E-state index contributed by atoms with van der Waals surface area (Å²) in [6, 6.07) is 9.34. The largest absolute Gasteiger partial charge is 0.350 e. The number of carbonyl (C=O) groups is 1. The van der Waals surface area contributed by atoms with E-state index in [2.05, 4.69) is 16.4 Å². The lowest BCUT2D eigenvalue weighted by atomic mass is 9.89. The smallest absolute Gasteiger partial charge is 0.267 e. The van der Waals surface area contributed by atoms with Crippen LogP contribution in [0, 0.1) is 17.2 Å². The summed E-state index contributed by atoms with van der Waals surface area (Å²) in [5, 5.41) is 12.9. The quantitative estimate of drug-likeness (QED) is 0.905. The Morgan fingerprint density at radius 2 is 2.10 bits per heavy atom. The van der Waals surface area contributed by atoms with E-state index < -0.39 is 0 Å². The van der Waals surface area contributed by atoms with Crippen LogP contribution in [0.25, 0.3) is 10.9 Å². The summed E-state index contributed by atoms with van der Waals surface area (Å²) in [6.07, 6.45) is 6.33. The SMILES string of the molecule is N#Cc1ccc2cc(C(=O)NCC3CCCCC3)[nH]c2c1. The molecular weight excluding hydrogens is 262 g/mol. The second-order valence-electron chi connectivity index (χ2n) is 5.81. The zero-order valence-corrected chi connectivity index (χ0v) is 12.0. The molecule has 3 rings (SSSR count). The minimum atomic E-state index is -0.0599. The standard InChI is InChI=1S/C17H19N3O/c18-10-13-6-7-14-9-16(20-15(14)8-13)17(21)19-11-12-4-2-1-3-5-12/h6-9,12,20H,1-5,11H2,(H,19,21). The lowest BCUT2D eigenvalue weighted by Gasteiger charge is -2.21. The molecule has 0 radical (unpaired) electrons. The Morgan fingerprint density at radius 1 is 1.29 bits per heavy atom. The molecule has 4 heteroatoms. The Bertz CT molecular complexity index is 690. The van der Waals surface area contributed by atoms with Gasteiger partial charge in [-0.25, -0.2) is 0 Å². The van der Waals surface area contributed by atoms with Gasteiger partial charge in [-0.3, -0.25) is 4.79 Å². The summed E-state index contributed by atoms with van der Waals surface area (Å²) >= 11 is 0. The first-order valence-electron chi connectivity index (χ1n) is 7.57. The molecule has 0 saturated heterocycles. The maximum Gasteiger partial charge on any atom is 0.267 e. The fourth-order valence-corrected chi connectivity index (χ4v) is 3.04. The number of aromatic nitrogens is 1. The third kappa shape index (κ3) is 3.08. The van der Waals surface area contributed by atoms with Gasteiger partial charge in [0.25, 0.3) is 5.91 Å². The molecule has 1 aliphatic carbocycles. The minimum absolute atomic E-state index is 0.0599. The van der Waals surface area contributed by atoms with Crippen LogP contribution in [0.3, 0.4) is 0 Å². The lowest BCUT2D eigenvalue weighted by Crippen LogP contribution is -2.30. The zero-order valence-electron chi connectivity index (χ0n) is 12.0. The van der Waals surface area contributed by atoms with Crippen molar-refractivity contribution in [3.05, 3.63) is 35.5 Å². The van der Waals surface area contributed by atoms with Crippen LogP contribution in [0.2, 0.25) is 0 Å². The molecule has 0 aliphatic heterocycles. The second-order valence-corrected chi connectivity index (χ2v) is 5.81. The van der Waals surface area contributed by atoms with Crippen LogP contribution in [0.15, 0.2) is 24.3 Å². The Balaban J connectivity index is 1.68. The van der Waals surface area contributed by atoms with Crippen LogP contribution in [-0.2, 0) is 0 Å². The third-order valence-electron chi connectivity index (χ3n) is 4.27. The zero-order chi connectivity index (χ0) is 14.7. The number of rotatable bonds is 3. The number of carbonyl (C=O) groups excluding carboxylic acids is 1. The van der Waals surface area contributed by atoms with Crippen molar-refractivity contribution in [2.45, 2.75) is 32.1 Å². The van der Waals surface area contributed by atoms with Crippen molar-refractivity contribution in [1.29, 1.82) is 5.26 Å². The molecule has 0 spiro atoms. The number of benzene rings is 1. The number of fused-ring (bicyclic) bond motifs is 1. The molecule has 108 valence electrons. The molecule has 1 amide bonds. The number of amides is 1. The number of nitriles is 1. The first-order chi connectivity index (χ1) is 10.3. The Morgan fingerprint density at radius 3 is 2.86 bits per heavy atom. The van der Waals surface area contributed by atoms with Crippen molar-refractivity contribution in [3.63, 3.8) is 0 Å². The van der Waals surface area contributed by atoms with Gasteiger partial charge < -0.3 is 10.3 Å². The summed E-state index contributed by atoms with van der Waals surface area (Å²) < 4.78 is 0. The van der Waals surface area contributed by atoms with Crippen molar-refractivity contribution >= 4 is 16.8 Å². The minimum Gasteiger partial charge on any atom is -0.350 e. The summed E-state index contributed by atoms with van der Waals surface area (Å²) in [4.78, 5) is 15.3. The fraction of sp³-hybridized carbons (Fsp3) is 0.412. The number of hydrogen-bond acceptors (Lipinski definition) is 2. The van der Waals surface area contributed by atoms with E-state index >= 15 is 0 Å². The maximum atomic E-state index is 12.2. The fourth-order valence-electron chi connectivity index (χ4n) is 3.04. The molecule has 1 heterocycles.